The number of benzene rings is 2. The van der Waals surface area contributed by atoms with Crippen molar-refractivity contribution in [2.75, 3.05) is 20.6 Å². The number of piperidine rings is 1. The van der Waals surface area contributed by atoms with Crippen molar-refractivity contribution in [1.29, 1.82) is 0 Å². The van der Waals surface area contributed by atoms with Crippen LogP contribution in [0.1, 0.15) is 54.0 Å². The van der Waals surface area contributed by atoms with E-state index in [0.717, 1.165) is 28.8 Å². The van der Waals surface area contributed by atoms with E-state index < -0.39 is 23.1 Å². The van der Waals surface area contributed by atoms with Crippen LogP contribution in [-0.4, -0.2) is 71.2 Å². The van der Waals surface area contributed by atoms with Gasteiger partial charge in [-0.2, -0.15) is 0 Å². The van der Waals surface area contributed by atoms with Gasteiger partial charge in [0.25, 0.3) is 5.91 Å². The first-order chi connectivity index (χ1) is 18.1. The highest BCUT2D eigenvalue weighted by Gasteiger charge is 2.73. The first-order valence-electron chi connectivity index (χ1n) is 13.4. The van der Waals surface area contributed by atoms with Crippen molar-refractivity contribution < 1.29 is 24.2 Å². The molecule has 2 aliphatic heterocycles. The summed E-state index contributed by atoms with van der Waals surface area (Å²) in [6.45, 7) is 6.26. The Bertz CT molecular complexity index is 1420. The summed E-state index contributed by atoms with van der Waals surface area (Å²) in [7, 11) is 3.85. The minimum atomic E-state index is -1.01. The third kappa shape index (κ3) is 3.36. The maximum atomic E-state index is 13.4. The summed E-state index contributed by atoms with van der Waals surface area (Å²) in [6.07, 6.45) is 2.06. The molecule has 2 aromatic rings. The number of carbonyl (C=O) groups excluding carboxylic acids is 2. The number of ether oxygens (including phenoxy) is 2. The van der Waals surface area contributed by atoms with Crippen LogP contribution < -0.4 is 9.47 Å². The molecule has 2 bridgehead atoms. The number of carbonyl (C=O) groups is 2. The SMILES string of the molecule is CC(=O)Oc1ccc2c3c1O[C@H]1[C@H](N(C)C(=O)C#Cc4ccc(C)c(C)c4)CC[C@@]4(O)[C@@H](C2)N(C)CC[C@]314. The second-order valence-electron chi connectivity index (χ2n) is 11.5. The van der Waals surface area contributed by atoms with Gasteiger partial charge in [-0.15, -0.1) is 0 Å². The number of likely N-dealkylation sites (tertiary alicyclic amines) is 1. The van der Waals surface area contributed by atoms with Crippen LogP contribution in [0.3, 0.4) is 0 Å². The Kier molecular flexibility index (Phi) is 5.64. The lowest BCUT2D eigenvalue weighted by Gasteiger charge is -2.64. The average Bonchev–Trinajstić information content (AvgIpc) is 3.23. The number of hydrogen-bond donors (Lipinski definition) is 1. The molecule has 198 valence electrons. The molecule has 5 atom stereocenters. The molecule has 2 fully saturated rings. The van der Waals surface area contributed by atoms with Crippen molar-refractivity contribution >= 4 is 11.9 Å². The van der Waals surface area contributed by atoms with Gasteiger partial charge in [0.2, 0.25) is 0 Å². The fraction of sp³-hybridized carbons (Fsp3) is 0.484. The van der Waals surface area contributed by atoms with Crippen molar-refractivity contribution in [2.24, 2.45) is 0 Å². The minimum absolute atomic E-state index is 0.0492. The zero-order valence-electron chi connectivity index (χ0n) is 22.6. The summed E-state index contributed by atoms with van der Waals surface area (Å²) in [6, 6.07) is 9.39. The van der Waals surface area contributed by atoms with Gasteiger partial charge < -0.3 is 24.4 Å². The number of amides is 1. The van der Waals surface area contributed by atoms with Crippen molar-refractivity contribution in [3.8, 4) is 23.3 Å². The third-order valence-corrected chi connectivity index (χ3v) is 9.58. The van der Waals surface area contributed by atoms with E-state index in [2.05, 4.69) is 23.8 Å². The number of aliphatic hydroxyl groups is 1. The molecule has 6 rings (SSSR count). The van der Waals surface area contributed by atoms with Gasteiger partial charge in [-0.3, -0.25) is 9.59 Å². The van der Waals surface area contributed by atoms with E-state index >= 15 is 0 Å². The highest BCUT2D eigenvalue weighted by molar-refractivity contribution is 5.94. The van der Waals surface area contributed by atoms with Crippen LogP contribution in [0.4, 0.5) is 0 Å². The third-order valence-electron chi connectivity index (χ3n) is 9.58. The summed E-state index contributed by atoms with van der Waals surface area (Å²) in [5.41, 5.74) is 3.49. The topological polar surface area (TPSA) is 79.3 Å². The molecule has 1 saturated heterocycles. The van der Waals surface area contributed by atoms with Crippen LogP contribution in [-0.2, 0) is 21.4 Å². The molecule has 7 heteroatoms. The van der Waals surface area contributed by atoms with Crippen molar-refractivity contribution in [1.82, 2.24) is 9.80 Å². The minimum Gasteiger partial charge on any atom is -0.483 e. The summed E-state index contributed by atoms with van der Waals surface area (Å²) in [5, 5.41) is 12.4. The van der Waals surface area contributed by atoms with Crippen LogP contribution >= 0.6 is 0 Å². The Morgan fingerprint density at radius 1 is 1.18 bits per heavy atom. The van der Waals surface area contributed by atoms with E-state index in [1.807, 2.05) is 38.1 Å². The highest BCUT2D eigenvalue weighted by Crippen LogP contribution is 2.65. The monoisotopic (exact) mass is 514 g/mol. The molecule has 38 heavy (non-hydrogen) atoms. The van der Waals surface area contributed by atoms with Gasteiger partial charge in [-0.1, -0.05) is 18.1 Å². The molecule has 0 unspecified atom stereocenters. The number of aryl methyl sites for hydroxylation is 2. The zero-order valence-corrected chi connectivity index (χ0v) is 22.6. The van der Waals surface area contributed by atoms with E-state index in [9.17, 15) is 14.7 Å². The van der Waals surface area contributed by atoms with Gasteiger partial charge in [-0.05, 0) is 88.0 Å². The lowest BCUT2D eigenvalue weighted by Crippen LogP contribution is -2.77. The molecular formula is C31H34N2O5. The first-order valence-corrected chi connectivity index (χ1v) is 13.4. The Morgan fingerprint density at radius 3 is 2.71 bits per heavy atom. The lowest BCUT2D eigenvalue weighted by atomic mass is 9.48. The van der Waals surface area contributed by atoms with Crippen LogP contribution in [0.25, 0.3) is 0 Å². The number of hydrogen-bond acceptors (Lipinski definition) is 6. The molecule has 2 aromatic carbocycles. The Labute approximate surface area is 223 Å². The van der Waals surface area contributed by atoms with Gasteiger partial charge in [0.05, 0.1) is 17.1 Å². The van der Waals surface area contributed by atoms with E-state index in [4.69, 9.17) is 9.47 Å². The molecule has 0 aromatic heterocycles. The maximum Gasteiger partial charge on any atom is 0.308 e. The first kappa shape index (κ1) is 25.0. The lowest BCUT2D eigenvalue weighted by molar-refractivity contribution is -0.195. The molecule has 0 radical (unpaired) electrons. The molecule has 1 spiro atoms. The van der Waals surface area contributed by atoms with Crippen LogP contribution in [0, 0.1) is 25.7 Å². The molecule has 1 N–H and O–H groups in total. The molecule has 4 aliphatic rings. The van der Waals surface area contributed by atoms with Crippen LogP contribution in [0.15, 0.2) is 30.3 Å². The highest BCUT2D eigenvalue weighted by atomic mass is 16.6. The van der Waals surface area contributed by atoms with Crippen LogP contribution in [0.5, 0.6) is 11.5 Å². The zero-order chi connectivity index (χ0) is 27.0. The molecule has 2 aliphatic carbocycles. The smallest absolute Gasteiger partial charge is 0.308 e. The second-order valence-corrected chi connectivity index (χ2v) is 11.5. The van der Waals surface area contributed by atoms with Gasteiger partial charge >= 0.3 is 5.97 Å². The Balaban J connectivity index is 1.40. The number of esters is 1. The Morgan fingerprint density at radius 2 is 1.97 bits per heavy atom. The molecule has 2 heterocycles. The standard InChI is InChI=1S/C31H34N2O5/c1-18-6-7-21(16-19(18)2)8-11-26(35)33(5)23-12-13-31(36)25-17-22-9-10-24(37-20(3)34)28-27(22)30(31,29(23)38-28)14-15-32(25)4/h6-7,9-10,16,23,25,29,36H,12-15,17H2,1-5H3/t23-,25-,29+,30+,31-/m1/s1. The molecule has 7 nitrogen and oxygen atoms in total. The van der Waals surface area contributed by atoms with Gasteiger partial charge in [0, 0.05) is 37.1 Å². The summed E-state index contributed by atoms with van der Waals surface area (Å²) in [4.78, 5) is 29.2. The number of nitrogens with zero attached hydrogens (tertiary/aromatic N) is 2. The normalized spacial score (nSPS) is 30.4. The number of likely N-dealkylation sites (N-methyl/N-ethyl adjacent to an activating group) is 2. The molecule has 1 saturated carbocycles. The van der Waals surface area contributed by atoms with Gasteiger partial charge in [0.1, 0.15) is 6.10 Å². The summed E-state index contributed by atoms with van der Waals surface area (Å²) in [5.74, 6) is 6.07. The van der Waals surface area contributed by atoms with Crippen molar-refractivity contribution in [2.45, 2.75) is 75.7 Å². The number of rotatable bonds is 2. The van der Waals surface area contributed by atoms with Crippen LogP contribution in [0.2, 0.25) is 0 Å². The predicted octanol–water partition coefficient (Wildman–Crippen LogP) is 2.89. The Hall–Kier alpha value is -3.34. The second kappa shape index (κ2) is 8.59. The molecule has 1 amide bonds. The van der Waals surface area contributed by atoms with Gasteiger partial charge in [-0.25, -0.2) is 0 Å². The summed E-state index contributed by atoms with van der Waals surface area (Å²) < 4.78 is 12.2. The van der Waals surface area contributed by atoms with E-state index in [-0.39, 0.29) is 18.0 Å². The van der Waals surface area contributed by atoms with E-state index in [1.54, 1.807) is 18.0 Å². The largest absolute Gasteiger partial charge is 0.483 e. The van der Waals surface area contributed by atoms with Crippen molar-refractivity contribution in [3.63, 3.8) is 0 Å². The summed E-state index contributed by atoms with van der Waals surface area (Å²) >= 11 is 0. The van der Waals surface area contributed by atoms with E-state index in [0.29, 0.717) is 37.2 Å². The molecular weight excluding hydrogens is 480 g/mol. The van der Waals surface area contributed by atoms with Crippen molar-refractivity contribution in [3.05, 3.63) is 58.1 Å². The average molecular weight is 515 g/mol. The van der Waals surface area contributed by atoms with E-state index in [1.165, 1.54) is 12.5 Å². The van der Waals surface area contributed by atoms with Gasteiger partial charge in [0.15, 0.2) is 11.5 Å². The fourth-order valence-corrected chi connectivity index (χ4v) is 7.53. The fourth-order valence-electron chi connectivity index (χ4n) is 7.53. The maximum absolute atomic E-state index is 13.4. The quantitative estimate of drug-likeness (QED) is 0.377. The predicted molar refractivity (Wildman–Crippen MR) is 142 cm³/mol.